The van der Waals surface area contributed by atoms with E-state index in [0.717, 1.165) is 0 Å². The minimum absolute atomic E-state index is 0.0366. The maximum absolute atomic E-state index is 12.6. The van der Waals surface area contributed by atoms with Crippen LogP contribution in [0.1, 0.15) is 39.2 Å². The molecular weight excluding hydrogens is 374 g/mol. The Hall–Kier alpha value is -2.96. The molecule has 1 aromatic carbocycles. The van der Waals surface area contributed by atoms with Gasteiger partial charge in [0.1, 0.15) is 0 Å². The number of rotatable bonds is 8. The molecule has 0 spiro atoms. The standard InChI is InChI=1S/C22H29NO6/c1-7-28-18-10-9-15(11-19(18)29-8-2)20-16(21(24)26-5)12-23(14(3)4)13-17(20)22(25)27-6/h9-14,20H,7-8H2,1-6H3. The van der Waals surface area contributed by atoms with Crippen molar-refractivity contribution in [3.8, 4) is 11.5 Å². The van der Waals surface area contributed by atoms with Crippen LogP contribution in [0.25, 0.3) is 0 Å². The van der Waals surface area contributed by atoms with Gasteiger partial charge in [0, 0.05) is 18.4 Å². The van der Waals surface area contributed by atoms with Crippen molar-refractivity contribution in [3.63, 3.8) is 0 Å². The van der Waals surface area contributed by atoms with Crippen LogP contribution in [0.15, 0.2) is 41.7 Å². The predicted molar refractivity (Wildman–Crippen MR) is 109 cm³/mol. The van der Waals surface area contributed by atoms with Crippen LogP contribution in [0.2, 0.25) is 0 Å². The second-order valence-electron chi connectivity index (χ2n) is 6.70. The van der Waals surface area contributed by atoms with E-state index in [-0.39, 0.29) is 6.04 Å². The minimum Gasteiger partial charge on any atom is -0.490 e. The van der Waals surface area contributed by atoms with Gasteiger partial charge in [0.15, 0.2) is 11.5 Å². The average Bonchev–Trinajstić information content (AvgIpc) is 2.73. The molecule has 0 saturated heterocycles. The SMILES string of the molecule is CCOc1ccc(C2C(C(=O)OC)=CN(C(C)C)C=C2C(=O)OC)cc1OCC. The van der Waals surface area contributed by atoms with Gasteiger partial charge in [-0.25, -0.2) is 9.59 Å². The van der Waals surface area contributed by atoms with Crippen LogP contribution in [0.3, 0.4) is 0 Å². The van der Waals surface area contributed by atoms with Gasteiger partial charge in [0.05, 0.1) is 44.5 Å². The molecule has 1 aliphatic heterocycles. The lowest BCUT2D eigenvalue weighted by Crippen LogP contribution is -2.31. The molecule has 2 rings (SSSR count). The van der Waals surface area contributed by atoms with Gasteiger partial charge in [-0.05, 0) is 45.4 Å². The van der Waals surface area contributed by atoms with Crippen molar-refractivity contribution in [1.82, 2.24) is 4.90 Å². The second kappa shape index (κ2) is 10.0. The Morgan fingerprint density at radius 1 is 0.931 bits per heavy atom. The first kappa shape index (κ1) is 22.3. The van der Waals surface area contributed by atoms with E-state index in [2.05, 4.69) is 0 Å². The number of esters is 2. The summed E-state index contributed by atoms with van der Waals surface area (Å²) in [5, 5.41) is 0. The summed E-state index contributed by atoms with van der Waals surface area (Å²) in [5.41, 5.74) is 1.39. The number of hydrogen-bond acceptors (Lipinski definition) is 7. The summed E-state index contributed by atoms with van der Waals surface area (Å²) in [4.78, 5) is 27.0. The highest BCUT2D eigenvalue weighted by molar-refractivity contribution is 5.98. The zero-order valence-electron chi connectivity index (χ0n) is 17.9. The summed E-state index contributed by atoms with van der Waals surface area (Å²) in [5.74, 6) is -0.528. The Kier molecular flexibility index (Phi) is 7.70. The van der Waals surface area contributed by atoms with Crippen LogP contribution in [-0.4, -0.2) is 50.3 Å². The molecule has 0 saturated carbocycles. The van der Waals surface area contributed by atoms with E-state index in [9.17, 15) is 9.59 Å². The lowest BCUT2D eigenvalue weighted by molar-refractivity contribution is -0.137. The van der Waals surface area contributed by atoms with Gasteiger partial charge in [0.25, 0.3) is 0 Å². The summed E-state index contributed by atoms with van der Waals surface area (Å²) in [6.45, 7) is 8.63. The highest BCUT2D eigenvalue weighted by Gasteiger charge is 2.36. The van der Waals surface area contributed by atoms with Crippen molar-refractivity contribution in [2.45, 2.75) is 39.7 Å². The molecule has 0 unspecified atom stereocenters. The van der Waals surface area contributed by atoms with Gasteiger partial charge in [-0.2, -0.15) is 0 Å². The number of hydrogen-bond donors (Lipinski definition) is 0. The molecular formula is C22H29NO6. The highest BCUT2D eigenvalue weighted by atomic mass is 16.5. The normalized spacial score (nSPS) is 14.2. The van der Waals surface area contributed by atoms with E-state index in [1.165, 1.54) is 14.2 Å². The van der Waals surface area contributed by atoms with E-state index in [1.54, 1.807) is 29.4 Å². The number of nitrogens with zero attached hydrogens (tertiary/aromatic N) is 1. The first-order valence-electron chi connectivity index (χ1n) is 9.64. The number of carbonyl (C=O) groups excluding carboxylic acids is 2. The fourth-order valence-corrected chi connectivity index (χ4v) is 3.16. The van der Waals surface area contributed by atoms with Gasteiger partial charge in [0.2, 0.25) is 0 Å². The summed E-state index contributed by atoms with van der Waals surface area (Å²) in [7, 11) is 2.64. The Morgan fingerprint density at radius 3 is 1.90 bits per heavy atom. The largest absolute Gasteiger partial charge is 0.490 e. The third-order valence-electron chi connectivity index (χ3n) is 4.54. The third kappa shape index (κ3) is 4.91. The first-order valence-corrected chi connectivity index (χ1v) is 9.64. The molecule has 1 aromatic rings. The lowest BCUT2D eigenvalue weighted by atomic mass is 9.83. The molecule has 0 bridgehead atoms. The zero-order chi connectivity index (χ0) is 21.6. The Labute approximate surface area is 171 Å². The van der Waals surface area contributed by atoms with E-state index < -0.39 is 17.9 Å². The number of benzene rings is 1. The fourth-order valence-electron chi connectivity index (χ4n) is 3.16. The van der Waals surface area contributed by atoms with Crippen LogP contribution < -0.4 is 9.47 Å². The van der Waals surface area contributed by atoms with Gasteiger partial charge in [-0.15, -0.1) is 0 Å². The van der Waals surface area contributed by atoms with Crippen molar-refractivity contribution in [3.05, 3.63) is 47.3 Å². The summed E-state index contributed by atoms with van der Waals surface area (Å²) in [6.07, 6.45) is 3.43. The van der Waals surface area contributed by atoms with Crippen LogP contribution in [-0.2, 0) is 19.1 Å². The molecule has 0 atom stereocenters. The topological polar surface area (TPSA) is 74.3 Å². The summed E-state index contributed by atoms with van der Waals surface area (Å²) in [6, 6.07) is 5.42. The zero-order valence-corrected chi connectivity index (χ0v) is 17.9. The molecule has 0 aromatic heterocycles. The molecule has 0 amide bonds. The minimum atomic E-state index is -0.653. The highest BCUT2D eigenvalue weighted by Crippen LogP contribution is 2.40. The van der Waals surface area contributed by atoms with E-state index in [4.69, 9.17) is 18.9 Å². The van der Waals surface area contributed by atoms with Crippen LogP contribution in [0, 0.1) is 0 Å². The van der Waals surface area contributed by atoms with Gasteiger partial charge < -0.3 is 23.8 Å². The van der Waals surface area contributed by atoms with Crippen molar-refractivity contribution in [2.24, 2.45) is 0 Å². The smallest absolute Gasteiger partial charge is 0.336 e. The molecule has 158 valence electrons. The van der Waals surface area contributed by atoms with Crippen molar-refractivity contribution in [2.75, 3.05) is 27.4 Å². The third-order valence-corrected chi connectivity index (χ3v) is 4.54. The van der Waals surface area contributed by atoms with Crippen LogP contribution in [0.5, 0.6) is 11.5 Å². The number of methoxy groups -OCH3 is 2. The Bertz CT molecular complexity index is 778. The van der Waals surface area contributed by atoms with Crippen LogP contribution in [0.4, 0.5) is 0 Å². The lowest BCUT2D eigenvalue weighted by Gasteiger charge is -2.32. The second-order valence-corrected chi connectivity index (χ2v) is 6.70. The van der Waals surface area contributed by atoms with E-state index >= 15 is 0 Å². The molecule has 7 heteroatoms. The molecule has 1 heterocycles. The maximum atomic E-state index is 12.6. The fraction of sp³-hybridized carbons (Fsp3) is 0.455. The molecule has 0 fully saturated rings. The molecule has 1 aliphatic rings. The van der Waals surface area contributed by atoms with E-state index in [1.807, 2.05) is 33.8 Å². The van der Waals surface area contributed by atoms with Crippen molar-refractivity contribution < 1.29 is 28.5 Å². The summed E-state index contributed by atoms with van der Waals surface area (Å²) < 4.78 is 21.3. The molecule has 29 heavy (non-hydrogen) atoms. The van der Waals surface area contributed by atoms with Crippen LogP contribution >= 0.6 is 0 Å². The molecule has 0 radical (unpaired) electrons. The maximum Gasteiger partial charge on any atom is 0.336 e. The Balaban J connectivity index is 2.64. The molecule has 0 aliphatic carbocycles. The van der Waals surface area contributed by atoms with Gasteiger partial charge in [-0.3, -0.25) is 0 Å². The molecule has 7 nitrogen and oxygen atoms in total. The van der Waals surface area contributed by atoms with Crippen molar-refractivity contribution >= 4 is 11.9 Å². The van der Waals surface area contributed by atoms with Gasteiger partial charge >= 0.3 is 11.9 Å². The average molecular weight is 403 g/mol. The Morgan fingerprint density at radius 2 is 1.45 bits per heavy atom. The summed E-state index contributed by atoms with van der Waals surface area (Å²) >= 11 is 0. The molecule has 0 N–H and O–H groups in total. The number of ether oxygens (including phenoxy) is 4. The monoisotopic (exact) mass is 403 g/mol. The number of carbonyl (C=O) groups is 2. The van der Waals surface area contributed by atoms with Gasteiger partial charge in [-0.1, -0.05) is 6.07 Å². The predicted octanol–water partition coefficient (Wildman–Crippen LogP) is 3.41. The van der Waals surface area contributed by atoms with Crippen molar-refractivity contribution in [1.29, 1.82) is 0 Å². The first-order chi connectivity index (χ1) is 13.9. The quantitative estimate of drug-likeness (QED) is 0.616. The van der Waals surface area contributed by atoms with E-state index in [0.29, 0.717) is 41.4 Å².